The van der Waals surface area contributed by atoms with Gasteiger partial charge in [0.25, 0.3) is 0 Å². The minimum absolute atomic E-state index is 0.501. The van der Waals surface area contributed by atoms with Gasteiger partial charge < -0.3 is 4.90 Å². The minimum Gasteiger partial charge on any atom is -0.362 e. The van der Waals surface area contributed by atoms with E-state index in [2.05, 4.69) is 36.1 Å². The van der Waals surface area contributed by atoms with Crippen molar-refractivity contribution in [3.05, 3.63) is 41.4 Å². The Bertz CT molecular complexity index is 315. The van der Waals surface area contributed by atoms with Gasteiger partial charge in [-0.25, -0.2) is 0 Å². The van der Waals surface area contributed by atoms with Crippen molar-refractivity contribution in [3.63, 3.8) is 0 Å². The molecule has 1 aromatic rings. The van der Waals surface area contributed by atoms with Crippen LogP contribution in [0.3, 0.4) is 0 Å². The summed E-state index contributed by atoms with van der Waals surface area (Å²) in [5.41, 5.74) is 1.24. The molecule has 2 rings (SSSR count). The molecular weight excluding hydrogens is 182 g/mol. The summed E-state index contributed by atoms with van der Waals surface area (Å²) in [4.78, 5) is 2.33. The molecule has 1 aromatic carbocycles. The molecule has 2 heteroatoms. The van der Waals surface area contributed by atoms with Crippen LogP contribution in [0.2, 0.25) is 5.02 Å². The Morgan fingerprint density at radius 2 is 2.00 bits per heavy atom. The van der Waals surface area contributed by atoms with E-state index in [9.17, 15) is 0 Å². The van der Waals surface area contributed by atoms with E-state index < -0.39 is 0 Å². The molecule has 13 heavy (non-hydrogen) atoms. The molecular formula is C11H12ClN. The first-order valence-electron chi connectivity index (χ1n) is 4.46. The lowest BCUT2D eigenvalue weighted by Gasteiger charge is -2.23. The Kier molecular flexibility index (Phi) is 2.28. The molecule has 0 bridgehead atoms. The number of nitrogens with zero attached hydrogens (tertiary/aromatic N) is 1. The normalized spacial score (nSPS) is 21.1. The van der Waals surface area contributed by atoms with E-state index in [1.165, 1.54) is 5.69 Å². The fraction of sp³-hybridized carbons (Fsp3) is 0.273. The smallest absolute Gasteiger partial charge is 0.0448 e. The van der Waals surface area contributed by atoms with Crippen molar-refractivity contribution in [2.45, 2.75) is 13.0 Å². The molecule has 1 aliphatic heterocycles. The summed E-state index contributed by atoms with van der Waals surface area (Å²) in [6.07, 6.45) is 4.41. The lowest BCUT2D eigenvalue weighted by Crippen LogP contribution is -2.26. The Hall–Kier alpha value is -0.950. The minimum atomic E-state index is 0.501. The SMILES string of the molecule is CC1C=CCN1c1ccc(Cl)cc1. The van der Waals surface area contributed by atoms with Crippen molar-refractivity contribution in [1.29, 1.82) is 0 Å². The van der Waals surface area contributed by atoms with Crippen LogP contribution in [0.1, 0.15) is 6.92 Å². The summed E-state index contributed by atoms with van der Waals surface area (Å²) in [6, 6.07) is 8.49. The Morgan fingerprint density at radius 3 is 2.54 bits per heavy atom. The van der Waals surface area contributed by atoms with Gasteiger partial charge in [0.15, 0.2) is 0 Å². The zero-order chi connectivity index (χ0) is 9.26. The van der Waals surface area contributed by atoms with E-state index in [0.717, 1.165) is 11.6 Å². The van der Waals surface area contributed by atoms with Crippen LogP contribution in [0.4, 0.5) is 5.69 Å². The van der Waals surface area contributed by atoms with E-state index in [4.69, 9.17) is 11.6 Å². The maximum Gasteiger partial charge on any atom is 0.0448 e. The summed E-state index contributed by atoms with van der Waals surface area (Å²) < 4.78 is 0. The van der Waals surface area contributed by atoms with Gasteiger partial charge in [0, 0.05) is 23.3 Å². The third-order valence-electron chi connectivity index (χ3n) is 2.37. The second-order valence-electron chi connectivity index (χ2n) is 3.30. The lowest BCUT2D eigenvalue weighted by atomic mass is 10.2. The second-order valence-corrected chi connectivity index (χ2v) is 3.73. The van der Waals surface area contributed by atoms with Crippen molar-refractivity contribution in [1.82, 2.24) is 0 Å². The van der Waals surface area contributed by atoms with Gasteiger partial charge in [-0.3, -0.25) is 0 Å². The molecule has 0 aromatic heterocycles. The fourth-order valence-electron chi connectivity index (χ4n) is 1.61. The van der Waals surface area contributed by atoms with Gasteiger partial charge in [0.1, 0.15) is 0 Å². The highest BCUT2D eigenvalue weighted by atomic mass is 35.5. The van der Waals surface area contributed by atoms with Gasteiger partial charge in [-0.1, -0.05) is 23.8 Å². The molecule has 0 amide bonds. The molecule has 0 radical (unpaired) electrons. The molecule has 0 aliphatic carbocycles. The molecule has 1 nitrogen and oxygen atoms in total. The summed E-state index contributed by atoms with van der Waals surface area (Å²) >= 11 is 5.82. The van der Waals surface area contributed by atoms with Crippen LogP contribution in [-0.2, 0) is 0 Å². The van der Waals surface area contributed by atoms with Crippen molar-refractivity contribution in [3.8, 4) is 0 Å². The van der Waals surface area contributed by atoms with Crippen molar-refractivity contribution >= 4 is 17.3 Å². The quantitative estimate of drug-likeness (QED) is 0.620. The standard InChI is InChI=1S/C11H12ClN/c1-9-3-2-8-13(9)11-6-4-10(12)5-7-11/h2-7,9H,8H2,1H3. The van der Waals surface area contributed by atoms with Crippen molar-refractivity contribution in [2.75, 3.05) is 11.4 Å². The fourth-order valence-corrected chi connectivity index (χ4v) is 1.74. The zero-order valence-electron chi connectivity index (χ0n) is 7.57. The number of rotatable bonds is 1. The van der Waals surface area contributed by atoms with Gasteiger partial charge in [-0.2, -0.15) is 0 Å². The van der Waals surface area contributed by atoms with E-state index >= 15 is 0 Å². The molecule has 0 fully saturated rings. The largest absolute Gasteiger partial charge is 0.362 e. The summed E-state index contributed by atoms with van der Waals surface area (Å²) in [5.74, 6) is 0. The average Bonchev–Trinajstić information content (AvgIpc) is 2.53. The molecule has 0 saturated carbocycles. The first-order valence-corrected chi connectivity index (χ1v) is 4.84. The van der Waals surface area contributed by atoms with E-state index in [1.807, 2.05) is 12.1 Å². The van der Waals surface area contributed by atoms with E-state index in [0.29, 0.717) is 6.04 Å². The van der Waals surface area contributed by atoms with Crippen LogP contribution in [0.5, 0.6) is 0 Å². The predicted octanol–water partition coefficient (Wildman–Crippen LogP) is 3.10. The monoisotopic (exact) mass is 193 g/mol. The van der Waals surface area contributed by atoms with Crippen LogP contribution >= 0.6 is 11.6 Å². The number of anilines is 1. The molecule has 0 saturated heterocycles. The zero-order valence-corrected chi connectivity index (χ0v) is 8.33. The highest BCUT2D eigenvalue weighted by molar-refractivity contribution is 6.30. The first-order chi connectivity index (χ1) is 6.27. The maximum absolute atomic E-state index is 5.82. The molecule has 1 atom stereocenters. The van der Waals surface area contributed by atoms with E-state index in [-0.39, 0.29) is 0 Å². The number of hydrogen-bond acceptors (Lipinski definition) is 1. The van der Waals surface area contributed by atoms with Crippen LogP contribution in [-0.4, -0.2) is 12.6 Å². The Balaban J connectivity index is 2.21. The first kappa shape index (κ1) is 8.64. The highest BCUT2D eigenvalue weighted by Crippen LogP contribution is 2.22. The molecule has 0 N–H and O–H groups in total. The van der Waals surface area contributed by atoms with Crippen LogP contribution < -0.4 is 4.90 Å². The molecule has 0 spiro atoms. The van der Waals surface area contributed by atoms with Gasteiger partial charge in [0.05, 0.1) is 0 Å². The van der Waals surface area contributed by atoms with Crippen LogP contribution in [0.15, 0.2) is 36.4 Å². The average molecular weight is 194 g/mol. The maximum atomic E-state index is 5.82. The summed E-state index contributed by atoms with van der Waals surface area (Å²) in [5, 5.41) is 0.795. The predicted molar refractivity (Wildman–Crippen MR) is 57.4 cm³/mol. The second kappa shape index (κ2) is 3.43. The summed E-state index contributed by atoms with van der Waals surface area (Å²) in [6.45, 7) is 3.20. The van der Waals surface area contributed by atoms with Gasteiger partial charge >= 0.3 is 0 Å². The summed E-state index contributed by atoms with van der Waals surface area (Å²) in [7, 11) is 0. The third-order valence-corrected chi connectivity index (χ3v) is 2.62. The van der Waals surface area contributed by atoms with Gasteiger partial charge in [-0.15, -0.1) is 0 Å². The van der Waals surface area contributed by atoms with E-state index in [1.54, 1.807) is 0 Å². The van der Waals surface area contributed by atoms with Crippen LogP contribution in [0, 0.1) is 0 Å². The van der Waals surface area contributed by atoms with Crippen molar-refractivity contribution in [2.24, 2.45) is 0 Å². The van der Waals surface area contributed by atoms with Gasteiger partial charge in [0.2, 0.25) is 0 Å². The molecule has 1 unspecified atom stereocenters. The Morgan fingerprint density at radius 1 is 1.31 bits per heavy atom. The molecule has 68 valence electrons. The molecule has 1 heterocycles. The van der Waals surface area contributed by atoms with Crippen molar-refractivity contribution < 1.29 is 0 Å². The Labute approximate surface area is 83.6 Å². The van der Waals surface area contributed by atoms with Crippen LogP contribution in [0.25, 0.3) is 0 Å². The third kappa shape index (κ3) is 1.70. The topological polar surface area (TPSA) is 3.24 Å². The number of benzene rings is 1. The highest BCUT2D eigenvalue weighted by Gasteiger charge is 2.14. The lowest BCUT2D eigenvalue weighted by molar-refractivity contribution is 0.826. The number of hydrogen-bond donors (Lipinski definition) is 0. The van der Waals surface area contributed by atoms with Gasteiger partial charge in [-0.05, 0) is 31.2 Å². The number of halogens is 1. The molecule has 1 aliphatic rings.